The first-order chi connectivity index (χ1) is 8.65. The fourth-order valence-electron chi connectivity index (χ4n) is 1.60. The first-order valence-corrected chi connectivity index (χ1v) is 8.31. The summed E-state index contributed by atoms with van der Waals surface area (Å²) < 4.78 is 0. The van der Waals surface area contributed by atoms with Crippen molar-refractivity contribution in [3.63, 3.8) is 0 Å². The normalized spacial score (nSPS) is 10.9. The van der Waals surface area contributed by atoms with Crippen molar-refractivity contribution in [3.8, 4) is 0 Å². The van der Waals surface area contributed by atoms with Crippen LogP contribution in [0.4, 0.5) is 0 Å². The summed E-state index contributed by atoms with van der Waals surface area (Å²) in [5.41, 5.74) is 2.71. The summed E-state index contributed by atoms with van der Waals surface area (Å²) in [6.07, 6.45) is 0. The summed E-state index contributed by atoms with van der Waals surface area (Å²) in [6, 6.07) is 17.5. The molecule has 2 aromatic carbocycles. The lowest BCUT2D eigenvalue weighted by molar-refractivity contribution is 0.865. The van der Waals surface area contributed by atoms with Crippen molar-refractivity contribution >= 4 is 21.6 Å². The smallest absolute Gasteiger partial charge is 0.0186 e. The van der Waals surface area contributed by atoms with Gasteiger partial charge < -0.3 is 0 Å². The van der Waals surface area contributed by atoms with Crippen LogP contribution in [0.25, 0.3) is 0 Å². The van der Waals surface area contributed by atoms with E-state index in [0.29, 0.717) is 5.92 Å². The average molecular weight is 274 g/mol. The zero-order chi connectivity index (χ0) is 13.0. The van der Waals surface area contributed by atoms with Crippen LogP contribution in [0.15, 0.2) is 58.3 Å². The van der Waals surface area contributed by atoms with Gasteiger partial charge in [0.25, 0.3) is 0 Å². The van der Waals surface area contributed by atoms with E-state index < -0.39 is 0 Å². The molecule has 0 aliphatic rings. The summed E-state index contributed by atoms with van der Waals surface area (Å²) in [6.45, 7) is 6.57. The van der Waals surface area contributed by atoms with E-state index in [9.17, 15) is 0 Å². The molecule has 0 aliphatic carbocycles. The Morgan fingerprint density at radius 2 is 1.17 bits per heavy atom. The maximum Gasteiger partial charge on any atom is 0.0186 e. The Morgan fingerprint density at radius 1 is 0.722 bits per heavy atom. The Labute approximate surface area is 118 Å². The van der Waals surface area contributed by atoms with Crippen LogP contribution in [0.3, 0.4) is 0 Å². The second-order valence-corrected chi connectivity index (χ2v) is 6.98. The maximum atomic E-state index is 2.23. The van der Waals surface area contributed by atoms with Gasteiger partial charge in [-0.1, -0.05) is 65.3 Å². The first-order valence-electron chi connectivity index (χ1n) is 6.16. The molecule has 0 spiro atoms. The van der Waals surface area contributed by atoms with E-state index >= 15 is 0 Å². The molecule has 0 N–H and O–H groups in total. The SMILES string of the molecule is Cc1ccc(SSc2ccc(C(C)C)cc2)cc1. The van der Waals surface area contributed by atoms with Gasteiger partial charge in [-0.3, -0.25) is 0 Å². The predicted molar refractivity (Wildman–Crippen MR) is 83.4 cm³/mol. The Kier molecular flexibility index (Phi) is 4.79. The molecule has 0 nitrogen and oxygen atoms in total. The van der Waals surface area contributed by atoms with Gasteiger partial charge in [-0.05, 0) is 42.7 Å². The summed E-state index contributed by atoms with van der Waals surface area (Å²) >= 11 is 0. The zero-order valence-electron chi connectivity index (χ0n) is 11.0. The summed E-state index contributed by atoms with van der Waals surface area (Å²) in [4.78, 5) is 2.61. The molecule has 2 aromatic rings. The number of benzene rings is 2. The molecule has 0 heterocycles. The minimum Gasteiger partial charge on any atom is -0.0587 e. The van der Waals surface area contributed by atoms with Crippen molar-refractivity contribution in [1.82, 2.24) is 0 Å². The van der Waals surface area contributed by atoms with Crippen LogP contribution in [-0.2, 0) is 0 Å². The lowest BCUT2D eigenvalue weighted by Gasteiger charge is -2.06. The zero-order valence-corrected chi connectivity index (χ0v) is 12.6. The maximum absolute atomic E-state index is 2.23. The summed E-state index contributed by atoms with van der Waals surface area (Å²) in [5.74, 6) is 0.605. The lowest BCUT2D eigenvalue weighted by atomic mass is 10.0. The van der Waals surface area contributed by atoms with E-state index in [4.69, 9.17) is 0 Å². The van der Waals surface area contributed by atoms with E-state index in [-0.39, 0.29) is 0 Å². The topological polar surface area (TPSA) is 0 Å². The van der Waals surface area contributed by atoms with Crippen molar-refractivity contribution < 1.29 is 0 Å². The summed E-state index contributed by atoms with van der Waals surface area (Å²) in [7, 11) is 3.63. The Balaban J connectivity index is 1.95. The quantitative estimate of drug-likeness (QED) is 0.635. The van der Waals surface area contributed by atoms with Crippen LogP contribution in [0.2, 0.25) is 0 Å². The van der Waals surface area contributed by atoms with E-state index in [2.05, 4.69) is 69.3 Å². The molecule has 0 aliphatic heterocycles. The third-order valence-corrected chi connectivity index (χ3v) is 5.22. The minimum atomic E-state index is 0.605. The van der Waals surface area contributed by atoms with Crippen LogP contribution in [0, 0.1) is 6.92 Å². The molecule has 0 unspecified atom stereocenters. The molecular weight excluding hydrogens is 256 g/mol. The number of hydrogen-bond donors (Lipinski definition) is 0. The van der Waals surface area contributed by atoms with Gasteiger partial charge in [0.05, 0.1) is 0 Å². The number of aryl methyl sites for hydroxylation is 1. The molecule has 18 heavy (non-hydrogen) atoms. The molecule has 0 amide bonds. The highest BCUT2D eigenvalue weighted by Crippen LogP contribution is 2.37. The second kappa shape index (κ2) is 6.35. The molecule has 0 radical (unpaired) electrons. The predicted octanol–water partition coefficient (Wildman–Crippen LogP) is 5.92. The van der Waals surface area contributed by atoms with Crippen LogP contribution in [-0.4, -0.2) is 0 Å². The van der Waals surface area contributed by atoms with E-state index in [1.54, 1.807) is 0 Å². The van der Waals surface area contributed by atoms with Gasteiger partial charge in [-0.15, -0.1) is 0 Å². The molecule has 0 fully saturated rings. The molecule has 0 saturated heterocycles. The van der Waals surface area contributed by atoms with Crippen LogP contribution in [0.5, 0.6) is 0 Å². The van der Waals surface area contributed by atoms with Crippen molar-refractivity contribution in [2.24, 2.45) is 0 Å². The van der Waals surface area contributed by atoms with Crippen LogP contribution >= 0.6 is 21.6 Å². The minimum absolute atomic E-state index is 0.605. The average Bonchev–Trinajstić information content (AvgIpc) is 2.38. The monoisotopic (exact) mass is 274 g/mol. The van der Waals surface area contributed by atoms with Crippen LogP contribution in [0.1, 0.15) is 30.9 Å². The lowest BCUT2D eigenvalue weighted by Crippen LogP contribution is -1.85. The van der Waals surface area contributed by atoms with Crippen molar-refractivity contribution in [1.29, 1.82) is 0 Å². The highest BCUT2D eigenvalue weighted by molar-refractivity contribution is 8.76. The fraction of sp³-hybridized carbons (Fsp3) is 0.250. The van der Waals surface area contributed by atoms with Gasteiger partial charge in [0.15, 0.2) is 0 Å². The van der Waals surface area contributed by atoms with Gasteiger partial charge in [0, 0.05) is 9.79 Å². The van der Waals surface area contributed by atoms with Gasteiger partial charge in [-0.25, -0.2) is 0 Å². The van der Waals surface area contributed by atoms with Gasteiger partial charge in [-0.2, -0.15) is 0 Å². The van der Waals surface area contributed by atoms with Crippen LogP contribution < -0.4 is 0 Å². The van der Waals surface area contributed by atoms with Crippen molar-refractivity contribution in [2.75, 3.05) is 0 Å². The molecule has 94 valence electrons. The molecule has 0 bridgehead atoms. The third-order valence-electron chi connectivity index (χ3n) is 2.80. The van der Waals surface area contributed by atoms with Gasteiger partial charge in [0.2, 0.25) is 0 Å². The largest absolute Gasteiger partial charge is 0.0587 e. The van der Waals surface area contributed by atoms with E-state index in [1.807, 2.05) is 21.6 Å². The van der Waals surface area contributed by atoms with Gasteiger partial charge >= 0.3 is 0 Å². The van der Waals surface area contributed by atoms with E-state index in [0.717, 1.165) is 0 Å². The van der Waals surface area contributed by atoms with E-state index in [1.165, 1.54) is 20.9 Å². The highest BCUT2D eigenvalue weighted by atomic mass is 33.1. The first kappa shape index (κ1) is 13.6. The van der Waals surface area contributed by atoms with Crippen molar-refractivity contribution in [2.45, 2.75) is 36.5 Å². The van der Waals surface area contributed by atoms with Crippen molar-refractivity contribution in [3.05, 3.63) is 59.7 Å². The number of rotatable bonds is 4. The fourth-order valence-corrected chi connectivity index (χ4v) is 3.53. The molecule has 2 rings (SSSR count). The molecule has 0 atom stereocenters. The standard InChI is InChI=1S/C16H18S2/c1-12(2)14-6-10-16(11-7-14)18-17-15-8-4-13(3)5-9-15/h4-12H,1-3H3. The molecule has 0 saturated carbocycles. The second-order valence-electron chi connectivity index (χ2n) is 4.70. The molecule has 2 heteroatoms. The third kappa shape index (κ3) is 3.82. The number of hydrogen-bond acceptors (Lipinski definition) is 2. The Morgan fingerprint density at radius 3 is 1.61 bits per heavy atom. The molecular formula is C16H18S2. The summed E-state index contributed by atoms with van der Waals surface area (Å²) in [5, 5.41) is 0. The Hall–Kier alpha value is -0.860. The molecule has 0 aromatic heterocycles. The van der Waals surface area contributed by atoms with Gasteiger partial charge in [0.1, 0.15) is 0 Å². The highest BCUT2D eigenvalue weighted by Gasteiger charge is 2.00. The Bertz CT molecular complexity index is 484.